The van der Waals surface area contributed by atoms with Gasteiger partial charge < -0.3 is 26.2 Å². The number of phenols is 1. The number of nitrogens with zero attached hydrogens (tertiary/aromatic N) is 2. The van der Waals surface area contributed by atoms with Crippen LogP contribution in [0.3, 0.4) is 0 Å². The Morgan fingerprint density at radius 2 is 1.95 bits per heavy atom. The van der Waals surface area contributed by atoms with E-state index in [1.165, 1.54) is 16.7 Å². The van der Waals surface area contributed by atoms with Crippen molar-refractivity contribution in [1.82, 2.24) is 9.88 Å². The molecule has 0 fully saturated rings. The summed E-state index contributed by atoms with van der Waals surface area (Å²) in [6.07, 6.45) is 3.72. The summed E-state index contributed by atoms with van der Waals surface area (Å²) < 4.78 is 0. The second kappa shape index (κ2) is 9.51. The van der Waals surface area contributed by atoms with Crippen LogP contribution in [0, 0.1) is 11.8 Å². The van der Waals surface area contributed by atoms with Crippen LogP contribution >= 0.6 is 11.8 Å². The van der Waals surface area contributed by atoms with Crippen molar-refractivity contribution in [3.63, 3.8) is 0 Å². The quantitative estimate of drug-likeness (QED) is 0.346. The molecular weight excluding hydrogens is 522 g/mol. The average Bonchev–Trinajstić information content (AvgIpc) is 2.88. The Balaban J connectivity index is 1.76. The number of rotatable bonds is 5. The van der Waals surface area contributed by atoms with Gasteiger partial charge in [-0.3, -0.25) is 24.3 Å². The number of aromatic hydroxyl groups is 1. The molecule has 6 N–H and O–H groups in total. The molecular formula is C28H29N3O7S. The topological polar surface area (TPSA) is 174 Å². The number of phenolic OH excluding ortho intramolecular Hbond substituents is 1. The van der Waals surface area contributed by atoms with Crippen molar-refractivity contribution in [3.8, 4) is 17.0 Å². The van der Waals surface area contributed by atoms with E-state index >= 15 is 0 Å². The van der Waals surface area contributed by atoms with Crippen LogP contribution in [-0.2, 0) is 21.8 Å². The van der Waals surface area contributed by atoms with E-state index in [1.54, 1.807) is 32.4 Å². The monoisotopic (exact) mass is 551 g/mol. The van der Waals surface area contributed by atoms with Gasteiger partial charge in [-0.15, -0.1) is 0 Å². The summed E-state index contributed by atoms with van der Waals surface area (Å²) in [5.74, 6) is -6.25. The van der Waals surface area contributed by atoms with E-state index in [4.69, 9.17) is 5.73 Å². The van der Waals surface area contributed by atoms with Crippen molar-refractivity contribution in [3.05, 3.63) is 69.8 Å². The summed E-state index contributed by atoms with van der Waals surface area (Å²) in [4.78, 5) is 45.6. The number of amides is 1. The number of primary amides is 1. The average molecular weight is 552 g/mol. The number of hydrogen-bond acceptors (Lipinski definition) is 10. The number of aliphatic hydroxyl groups excluding tert-OH is 2. The number of Topliss-reactive ketones (excluding diaryl/α,β-unsaturated/α-hetero) is 2. The van der Waals surface area contributed by atoms with Gasteiger partial charge in [0.15, 0.2) is 11.4 Å². The van der Waals surface area contributed by atoms with Gasteiger partial charge in [0.1, 0.15) is 22.8 Å². The summed E-state index contributed by atoms with van der Waals surface area (Å²) >= 11 is 1.45. The molecule has 2 aromatic rings. The standard InChI is InChI=1S/C28H29N3O7S/c1-31(2)21-16-10-12-8-15-14(17-6-4-5-7-30-17)9-13(11-39-3)22(32)19(15)23(33)18(12)25(35)28(16,38)26(36)20(24(21)34)27(29)37/h4-7,9,12,16,21,32,34-35,38H,8,10-11H2,1-3H3,(H2,29,37)/t12-,16-,21+,28-/m0/s1. The summed E-state index contributed by atoms with van der Waals surface area (Å²) in [5.41, 5.74) is 4.03. The zero-order chi connectivity index (χ0) is 28.4. The summed E-state index contributed by atoms with van der Waals surface area (Å²) in [5, 5.41) is 45.3. The molecule has 10 nitrogen and oxygen atoms in total. The minimum absolute atomic E-state index is 0.0111. The number of aromatic nitrogens is 1. The second-order valence-corrected chi connectivity index (χ2v) is 11.3. The summed E-state index contributed by atoms with van der Waals surface area (Å²) in [6, 6.07) is 6.17. The fourth-order valence-corrected chi connectivity index (χ4v) is 6.92. The van der Waals surface area contributed by atoms with Gasteiger partial charge >= 0.3 is 0 Å². The number of nitrogens with two attached hydrogens (primary N) is 1. The molecule has 1 heterocycles. The molecule has 0 unspecified atom stereocenters. The van der Waals surface area contributed by atoms with Gasteiger partial charge in [-0.1, -0.05) is 6.07 Å². The minimum Gasteiger partial charge on any atom is -0.510 e. The van der Waals surface area contributed by atoms with E-state index in [-0.39, 0.29) is 29.7 Å². The first kappa shape index (κ1) is 26.9. The highest BCUT2D eigenvalue weighted by molar-refractivity contribution is 7.97. The van der Waals surface area contributed by atoms with Crippen LogP contribution in [0.15, 0.2) is 53.1 Å². The largest absolute Gasteiger partial charge is 0.510 e. The first-order valence-electron chi connectivity index (χ1n) is 12.4. The molecule has 1 amide bonds. The fraction of sp³-hybridized carbons (Fsp3) is 0.357. The number of likely N-dealkylation sites (N-methyl/N-ethyl adjacent to an activating group) is 1. The Bertz CT molecular complexity index is 1480. The lowest BCUT2D eigenvalue weighted by Gasteiger charge is -2.50. The zero-order valence-corrected chi connectivity index (χ0v) is 22.5. The smallest absolute Gasteiger partial charge is 0.255 e. The lowest BCUT2D eigenvalue weighted by molar-refractivity contribution is -0.148. The maximum absolute atomic E-state index is 14.0. The van der Waals surface area contributed by atoms with Crippen molar-refractivity contribution in [2.24, 2.45) is 17.6 Å². The number of thioether (sulfide) groups is 1. The maximum atomic E-state index is 14.0. The maximum Gasteiger partial charge on any atom is 0.255 e. The van der Waals surface area contributed by atoms with Gasteiger partial charge in [0, 0.05) is 34.6 Å². The van der Waals surface area contributed by atoms with Crippen molar-refractivity contribution in [2.45, 2.75) is 30.2 Å². The molecule has 0 spiro atoms. The number of benzene rings is 1. The number of pyridine rings is 1. The number of ketones is 2. The van der Waals surface area contributed by atoms with Gasteiger partial charge in [0.2, 0.25) is 5.78 Å². The minimum atomic E-state index is -2.67. The van der Waals surface area contributed by atoms with Crippen molar-refractivity contribution < 1.29 is 34.8 Å². The Labute approximate surface area is 228 Å². The lowest BCUT2D eigenvalue weighted by Crippen LogP contribution is -2.63. The second-order valence-electron chi connectivity index (χ2n) is 10.4. The predicted octanol–water partition coefficient (Wildman–Crippen LogP) is 2.05. The molecule has 0 aliphatic heterocycles. The van der Waals surface area contributed by atoms with Gasteiger partial charge in [-0.25, -0.2) is 0 Å². The van der Waals surface area contributed by atoms with Crippen LogP contribution < -0.4 is 5.73 Å². The fourth-order valence-electron chi connectivity index (χ4n) is 6.39. The number of hydrogen-bond donors (Lipinski definition) is 5. The van der Waals surface area contributed by atoms with Crippen LogP contribution in [0.4, 0.5) is 0 Å². The van der Waals surface area contributed by atoms with E-state index in [0.717, 1.165) is 0 Å². The third-order valence-electron chi connectivity index (χ3n) is 8.04. The molecule has 39 heavy (non-hydrogen) atoms. The molecule has 204 valence electrons. The Morgan fingerprint density at radius 3 is 2.54 bits per heavy atom. The van der Waals surface area contributed by atoms with Crippen molar-refractivity contribution in [1.29, 1.82) is 0 Å². The predicted molar refractivity (Wildman–Crippen MR) is 144 cm³/mol. The molecule has 3 aliphatic rings. The highest BCUT2D eigenvalue weighted by atomic mass is 32.2. The van der Waals surface area contributed by atoms with E-state index in [9.17, 15) is 34.8 Å². The van der Waals surface area contributed by atoms with Crippen LogP contribution in [0.2, 0.25) is 0 Å². The Kier molecular flexibility index (Phi) is 6.56. The van der Waals surface area contributed by atoms with Crippen LogP contribution in [0.5, 0.6) is 5.75 Å². The van der Waals surface area contributed by atoms with E-state index in [0.29, 0.717) is 28.1 Å². The number of fused-ring (bicyclic) bond motifs is 3. The number of aliphatic hydroxyl groups is 3. The highest BCUT2D eigenvalue weighted by Gasteiger charge is 2.63. The normalized spacial score (nSPS) is 26.4. The third kappa shape index (κ3) is 3.79. The third-order valence-corrected chi connectivity index (χ3v) is 8.64. The molecule has 0 saturated carbocycles. The molecule has 0 saturated heterocycles. The number of carbonyl (C=O) groups is 3. The van der Waals surface area contributed by atoms with Crippen molar-refractivity contribution >= 4 is 29.2 Å². The SMILES string of the molecule is CSCc1cc(-c2ccccn2)c2c(c1O)C(=O)C1=C(O)[C@]3(O)C(=O)C(C(N)=O)=C(O)[C@H](N(C)C)[C@@H]3C[C@@H]1C2. The van der Waals surface area contributed by atoms with Crippen LogP contribution in [0.1, 0.15) is 27.9 Å². The van der Waals surface area contributed by atoms with E-state index in [1.807, 2.05) is 18.4 Å². The summed E-state index contributed by atoms with van der Waals surface area (Å²) in [7, 11) is 3.19. The lowest BCUT2D eigenvalue weighted by atomic mass is 9.58. The molecule has 4 atom stereocenters. The van der Waals surface area contributed by atoms with E-state index in [2.05, 4.69) is 4.98 Å². The van der Waals surface area contributed by atoms with Crippen LogP contribution in [-0.4, -0.2) is 79.8 Å². The Morgan fingerprint density at radius 1 is 1.23 bits per heavy atom. The molecule has 0 radical (unpaired) electrons. The molecule has 1 aromatic heterocycles. The molecule has 11 heteroatoms. The first-order chi connectivity index (χ1) is 18.4. The van der Waals surface area contributed by atoms with Crippen molar-refractivity contribution in [2.75, 3.05) is 20.4 Å². The van der Waals surface area contributed by atoms with Gasteiger partial charge in [-0.2, -0.15) is 11.8 Å². The molecule has 1 aromatic carbocycles. The molecule has 3 aliphatic carbocycles. The number of allylic oxidation sites excluding steroid dienone is 1. The Hall–Kier alpha value is -3.67. The van der Waals surface area contributed by atoms with Gasteiger partial charge in [0.25, 0.3) is 5.91 Å². The van der Waals surface area contributed by atoms with Gasteiger partial charge in [0.05, 0.1) is 17.3 Å². The van der Waals surface area contributed by atoms with Gasteiger partial charge in [-0.05, 0) is 62.9 Å². The zero-order valence-electron chi connectivity index (χ0n) is 21.6. The highest BCUT2D eigenvalue weighted by Crippen LogP contribution is 2.53. The number of carbonyl (C=O) groups excluding carboxylic acids is 3. The van der Waals surface area contributed by atoms with Crippen LogP contribution in [0.25, 0.3) is 11.3 Å². The van der Waals surface area contributed by atoms with E-state index < -0.39 is 58.0 Å². The molecule has 0 bridgehead atoms. The molecule has 5 rings (SSSR count). The first-order valence-corrected chi connectivity index (χ1v) is 13.8. The summed E-state index contributed by atoms with van der Waals surface area (Å²) in [6.45, 7) is 0.